The Kier molecular flexibility index (Phi) is 5.35. The maximum Gasteiger partial charge on any atom is 0.184 e. The van der Waals surface area contributed by atoms with Gasteiger partial charge in [-0.3, -0.25) is 9.80 Å². The zero-order chi connectivity index (χ0) is 15.4. The van der Waals surface area contributed by atoms with E-state index in [1.165, 1.54) is 0 Å². The van der Waals surface area contributed by atoms with Crippen molar-refractivity contribution < 1.29 is 9.47 Å². The van der Waals surface area contributed by atoms with Crippen LogP contribution in [0.3, 0.4) is 0 Å². The molecule has 22 heavy (non-hydrogen) atoms. The van der Waals surface area contributed by atoms with E-state index in [1.807, 2.05) is 24.3 Å². The third kappa shape index (κ3) is 4.01. The summed E-state index contributed by atoms with van der Waals surface area (Å²) in [4.78, 5) is 4.73. The lowest BCUT2D eigenvalue weighted by atomic mass is 10.2. The molecule has 2 aliphatic heterocycles. The monoisotopic (exact) mass is 320 g/mol. The van der Waals surface area contributed by atoms with E-state index in [1.54, 1.807) is 0 Å². The SMILES string of the molecule is C#CCN1CCN(CC2COC(c3ccc(Cl)cc3)O2)CC1. The molecular formula is C17H21ClN2O2. The average Bonchev–Trinajstić information content (AvgIpc) is 2.99. The predicted molar refractivity (Wildman–Crippen MR) is 86.7 cm³/mol. The fourth-order valence-corrected chi connectivity index (χ4v) is 3.01. The minimum atomic E-state index is -0.273. The van der Waals surface area contributed by atoms with Crippen LogP contribution in [-0.4, -0.2) is 61.8 Å². The highest BCUT2D eigenvalue weighted by Crippen LogP contribution is 2.28. The summed E-state index contributed by atoms with van der Waals surface area (Å²) in [5, 5.41) is 0.725. The molecule has 0 radical (unpaired) electrons. The highest BCUT2D eigenvalue weighted by Gasteiger charge is 2.29. The number of ether oxygens (including phenoxy) is 2. The van der Waals surface area contributed by atoms with E-state index in [0.717, 1.165) is 49.9 Å². The third-order valence-corrected chi connectivity index (χ3v) is 4.39. The normalized spacial score (nSPS) is 26.9. The van der Waals surface area contributed by atoms with Crippen molar-refractivity contribution in [3.8, 4) is 12.3 Å². The molecule has 0 N–H and O–H groups in total. The van der Waals surface area contributed by atoms with Crippen molar-refractivity contribution >= 4 is 11.6 Å². The van der Waals surface area contributed by atoms with Crippen LogP contribution in [0.2, 0.25) is 5.02 Å². The van der Waals surface area contributed by atoms with Crippen LogP contribution >= 0.6 is 11.6 Å². The van der Waals surface area contributed by atoms with Gasteiger partial charge in [0.15, 0.2) is 6.29 Å². The van der Waals surface area contributed by atoms with Crippen molar-refractivity contribution in [2.75, 3.05) is 45.9 Å². The second kappa shape index (κ2) is 7.45. The zero-order valence-corrected chi connectivity index (χ0v) is 13.3. The van der Waals surface area contributed by atoms with E-state index in [0.29, 0.717) is 6.61 Å². The smallest absolute Gasteiger partial charge is 0.184 e. The van der Waals surface area contributed by atoms with Crippen molar-refractivity contribution in [2.24, 2.45) is 0 Å². The van der Waals surface area contributed by atoms with Gasteiger partial charge in [0.1, 0.15) is 0 Å². The van der Waals surface area contributed by atoms with Crippen LogP contribution in [0, 0.1) is 12.3 Å². The summed E-state index contributed by atoms with van der Waals surface area (Å²) in [6.07, 6.45) is 5.21. The van der Waals surface area contributed by atoms with Gasteiger partial charge < -0.3 is 9.47 Å². The number of halogens is 1. The summed E-state index contributed by atoms with van der Waals surface area (Å²) < 4.78 is 11.8. The van der Waals surface area contributed by atoms with Gasteiger partial charge in [-0.05, 0) is 12.1 Å². The molecule has 5 heteroatoms. The molecule has 3 rings (SSSR count). The highest BCUT2D eigenvalue weighted by molar-refractivity contribution is 6.30. The third-order valence-electron chi connectivity index (χ3n) is 4.13. The number of rotatable bonds is 4. The van der Waals surface area contributed by atoms with Gasteiger partial charge in [-0.1, -0.05) is 29.7 Å². The first-order chi connectivity index (χ1) is 10.7. The lowest BCUT2D eigenvalue weighted by Crippen LogP contribution is -2.48. The highest BCUT2D eigenvalue weighted by atomic mass is 35.5. The van der Waals surface area contributed by atoms with Crippen molar-refractivity contribution in [1.82, 2.24) is 9.80 Å². The summed E-state index contributed by atoms with van der Waals surface area (Å²) in [7, 11) is 0. The first-order valence-corrected chi connectivity index (χ1v) is 8.03. The lowest BCUT2D eigenvalue weighted by molar-refractivity contribution is -0.0655. The first-order valence-electron chi connectivity index (χ1n) is 7.65. The number of nitrogens with zero attached hydrogens (tertiary/aromatic N) is 2. The molecule has 0 spiro atoms. The number of hydrogen-bond acceptors (Lipinski definition) is 4. The molecule has 0 aliphatic carbocycles. The Morgan fingerprint density at radius 1 is 1.14 bits per heavy atom. The molecule has 1 aromatic carbocycles. The van der Waals surface area contributed by atoms with E-state index < -0.39 is 0 Å². The van der Waals surface area contributed by atoms with Gasteiger partial charge in [-0.15, -0.1) is 6.42 Å². The van der Waals surface area contributed by atoms with Crippen molar-refractivity contribution in [2.45, 2.75) is 12.4 Å². The van der Waals surface area contributed by atoms with Gasteiger partial charge in [0.05, 0.1) is 19.3 Å². The van der Waals surface area contributed by atoms with Crippen LogP contribution in [0.5, 0.6) is 0 Å². The predicted octanol–water partition coefficient (Wildman–Crippen LogP) is 2.00. The summed E-state index contributed by atoms with van der Waals surface area (Å²) in [6, 6.07) is 7.63. The Balaban J connectivity index is 1.46. The Labute approximate surface area is 136 Å². The molecular weight excluding hydrogens is 300 g/mol. The van der Waals surface area contributed by atoms with E-state index in [2.05, 4.69) is 15.7 Å². The van der Waals surface area contributed by atoms with E-state index in [-0.39, 0.29) is 12.4 Å². The molecule has 2 saturated heterocycles. The van der Waals surface area contributed by atoms with Crippen LogP contribution in [0.25, 0.3) is 0 Å². The van der Waals surface area contributed by atoms with Crippen molar-refractivity contribution in [3.63, 3.8) is 0 Å². The molecule has 0 amide bonds. The molecule has 0 aromatic heterocycles. The Morgan fingerprint density at radius 2 is 1.82 bits per heavy atom. The van der Waals surface area contributed by atoms with E-state index in [9.17, 15) is 0 Å². The van der Waals surface area contributed by atoms with Crippen molar-refractivity contribution in [3.05, 3.63) is 34.9 Å². The maximum absolute atomic E-state index is 6.01. The van der Waals surface area contributed by atoms with Gasteiger partial charge in [0.2, 0.25) is 0 Å². The molecule has 2 aliphatic rings. The Hall–Kier alpha value is -1.09. The first kappa shape index (κ1) is 15.8. The number of piperazine rings is 1. The second-order valence-electron chi connectivity index (χ2n) is 5.76. The quantitative estimate of drug-likeness (QED) is 0.792. The molecule has 2 fully saturated rings. The molecule has 0 saturated carbocycles. The van der Waals surface area contributed by atoms with E-state index in [4.69, 9.17) is 27.5 Å². The number of hydrogen-bond donors (Lipinski definition) is 0. The van der Waals surface area contributed by atoms with Crippen LogP contribution in [0.1, 0.15) is 11.9 Å². The molecule has 2 heterocycles. The van der Waals surface area contributed by atoms with Gasteiger partial charge in [0, 0.05) is 43.3 Å². The maximum atomic E-state index is 6.01. The standard InChI is InChI=1S/C17H21ClN2O2/c1-2-7-19-8-10-20(11-9-19)12-16-13-21-17(22-16)14-3-5-15(18)6-4-14/h1,3-6,16-17H,7-13H2. The van der Waals surface area contributed by atoms with Gasteiger partial charge in [-0.25, -0.2) is 0 Å². The van der Waals surface area contributed by atoms with Crippen molar-refractivity contribution in [1.29, 1.82) is 0 Å². The lowest BCUT2D eigenvalue weighted by Gasteiger charge is -2.34. The van der Waals surface area contributed by atoms with Gasteiger partial charge >= 0.3 is 0 Å². The zero-order valence-electron chi connectivity index (χ0n) is 12.6. The van der Waals surface area contributed by atoms with Gasteiger partial charge in [-0.2, -0.15) is 0 Å². The molecule has 4 nitrogen and oxygen atoms in total. The van der Waals surface area contributed by atoms with E-state index >= 15 is 0 Å². The average molecular weight is 321 g/mol. The second-order valence-corrected chi connectivity index (χ2v) is 6.19. The molecule has 2 atom stereocenters. The minimum Gasteiger partial charge on any atom is -0.346 e. The fraction of sp³-hybridized carbons (Fsp3) is 0.529. The molecule has 1 aromatic rings. The number of benzene rings is 1. The molecule has 118 valence electrons. The number of terminal acetylenes is 1. The van der Waals surface area contributed by atoms with Crippen LogP contribution in [0.4, 0.5) is 0 Å². The van der Waals surface area contributed by atoms with Crippen LogP contribution < -0.4 is 0 Å². The molecule has 2 unspecified atom stereocenters. The largest absolute Gasteiger partial charge is 0.346 e. The minimum absolute atomic E-state index is 0.125. The molecule has 0 bridgehead atoms. The Bertz CT molecular complexity index is 520. The van der Waals surface area contributed by atoms with Crippen LogP contribution in [0.15, 0.2) is 24.3 Å². The summed E-state index contributed by atoms with van der Waals surface area (Å²) in [5.41, 5.74) is 1.02. The van der Waals surface area contributed by atoms with Gasteiger partial charge in [0.25, 0.3) is 0 Å². The summed E-state index contributed by atoms with van der Waals surface area (Å²) in [6.45, 7) is 6.42. The Morgan fingerprint density at radius 3 is 2.50 bits per heavy atom. The summed E-state index contributed by atoms with van der Waals surface area (Å²) in [5.74, 6) is 2.71. The van der Waals surface area contributed by atoms with Crippen LogP contribution in [-0.2, 0) is 9.47 Å². The fourth-order valence-electron chi connectivity index (χ4n) is 2.89. The topological polar surface area (TPSA) is 24.9 Å². The summed E-state index contributed by atoms with van der Waals surface area (Å²) >= 11 is 5.91.